The van der Waals surface area contributed by atoms with Crippen LogP contribution in [-0.2, 0) is 0 Å². The van der Waals surface area contributed by atoms with E-state index >= 15 is 0 Å². The molecule has 1 aliphatic heterocycles. The van der Waals surface area contributed by atoms with Crippen LogP contribution in [0.15, 0.2) is 0 Å². The van der Waals surface area contributed by atoms with E-state index in [2.05, 4.69) is 44.8 Å². The Hall–Kier alpha value is 0.310. The van der Waals surface area contributed by atoms with E-state index in [1.165, 1.54) is 12.2 Å². The van der Waals surface area contributed by atoms with E-state index in [0.717, 1.165) is 5.92 Å². The predicted octanol–water partition coefficient (Wildman–Crippen LogP) is 2.47. The maximum atomic E-state index is 3.68. The lowest BCUT2D eigenvalue weighted by Crippen LogP contribution is -2.44. The van der Waals surface area contributed by atoms with Crippen molar-refractivity contribution >= 4 is 11.8 Å². The van der Waals surface area contributed by atoms with Gasteiger partial charge >= 0.3 is 0 Å². The highest BCUT2D eigenvalue weighted by molar-refractivity contribution is 8.00. The molecule has 0 spiro atoms. The summed E-state index contributed by atoms with van der Waals surface area (Å²) < 4.78 is 0. The van der Waals surface area contributed by atoms with Crippen LogP contribution in [0.1, 0.15) is 34.1 Å². The molecule has 0 bridgehead atoms. The zero-order chi connectivity index (χ0) is 8.48. The van der Waals surface area contributed by atoms with Crippen LogP contribution in [0.2, 0.25) is 0 Å². The summed E-state index contributed by atoms with van der Waals surface area (Å²) in [5.74, 6) is 2.01. The summed E-state index contributed by atoms with van der Waals surface area (Å²) >= 11 is 2.09. The molecule has 2 heteroatoms. The van der Waals surface area contributed by atoms with E-state index in [0.29, 0.717) is 10.9 Å². The van der Waals surface area contributed by atoms with E-state index in [1.807, 2.05) is 0 Å². The maximum Gasteiger partial charge on any atom is 0.0668 e. The number of rotatable bonds is 2. The number of hydrogen-bond acceptors (Lipinski definition) is 2. The molecule has 0 aromatic rings. The zero-order valence-electron chi connectivity index (χ0n) is 7.98. The molecule has 1 saturated heterocycles. The van der Waals surface area contributed by atoms with Gasteiger partial charge < -0.3 is 0 Å². The van der Waals surface area contributed by atoms with E-state index in [1.54, 1.807) is 0 Å². The Morgan fingerprint density at radius 1 is 1.64 bits per heavy atom. The quantitative estimate of drug-likeness (QED) is 0.688. The molecular formula is C9H19NS. The molecule has 1 rings (SSSR count). The summed E-state index contributed by atoms with van der Waals surface area (Å²) in [6.07, 6.45) is 1.24. The fourth-order valence-electron chi connectivity index (χ4n) is 1.72. The van der Waals surface area contributed by atoms with Crippen LogP contribution in [0.3, 0.4) is 0 Å². The van der Waals surface area contributed by atoms with Crippen LogP contribution >= 0.6 is 11.8 Å². The van der Waals surface area contributed by atoms with Gasteiger partial charge in [0.2, 0.25) is 0 Å². The molecule has 1 heterocycles. The molecule has 1 fully saturated rings. The molecule has 2 atom stereocenters. The van der Waals surface area contributed by atoms with E-state index < -0.39 is 0 Å². The Labute approximate surface area is 74.3 Å². The summed E-state index contributed by atoms with van der Waals surface area (Å²) in [6.45, 7) is 9.16. The standard InChI is InChI=1S/C9H19NS/c1-5-9(7(2)3)10-8(4)6-11-9/h7-8,10H,5-6H2,1-4H3. The molecule has 0 aromatic heterocycles. The molecular weight excluding hydrogens is 154 g/mol. The monoisotopic (exact) mass is 173 g/mol. The summed E-state index contributed by atoms with van der Waals surface area (Å²) in [4.78, 5) is 0.374. The fourth-order valence-corrected chi connectivity index (χ4v) is 3.17. The lowest BCUT2D eigenvalue weighted by molar-refractivity contribution is 0.343. The Bertz CT molecular complexity index is 136. The van der Waals surface area contributed by atoms with Crippen molar-refractivity contribution in [1.29, 1.82) is 0 Å². The van der Waals surface area contributed by atoms with Gasteiger partial charge in [0.1, 0.15) is 0 Å². The second-order valence-electron chi connectivity index (χ2n) is 3.75. The molecule has 0 radical (unpaired) electrons. The van der Waals surface area contributed by atoms with Crippen molar-refractivity contribution < 1.29 is 0 Å². The minimum Gasteiger partial charge on any atom is -0.299 e. The van der Waals surface area contributed by atoms with E-state index in [9.17, 15) is 0 Å². The molecule has 1 aliphatic rings. The first kappa shape index (κ1) is 9.40. The van der Waals surface area contributed by atoms with Crippen LogP contribution in [0.25, 0.3) is 0 Å². The van der Waals surface area contributed by atoms with Crippen molar-refractivity contribution in [3.63, 3.8) is 0 Å². The van der Waals surface area contributed by atoms with Crippen molar-refractivity contribution in [3.05, 3.63) is 0 Å². The van der Waals surface area contributed by atoms with Gasteiger partial charge in [-0.15, -0.1) is 11.8 Å². The topological polar surface area (TPSA) is 12.0 Å². The van der Waals surface area contributed by atoms with Crippen molar-refractivity contribution in [3.8, 4) is 0 Å². The second-order valence-corrected chi connectivity index (χ2v) is 5.10. The summed E-state index contributed by atoms with van der Waals surface area (Å²) in [5.41, 5.74) is 0. The van der Waals surface area contributed by atoms with Gasteiger partial charge in [-0.25, -0.2) is 0 Å². The lowest BCUT2D eigenvalue weighted by Gasteiger charge is -2.32. The fraction of sp³-hybridized carbons (Fsp3) is 1.00. The Morgan fingerprint density at radius 3 is 2.45 bits per heavy atom. The van der Waals surface area contributed by atoms with Gasteiger partial charge in [0.05, 0.1) is 4.87 Å². The molecule has 0 saturated carbocycles. The third-order valence-electron chi connectivity index (χ3n) is 2.54. The molecule has 11 heavy (non-hydrogen) atoms. The second kappa shape index (κ2) is 3.36. The van der Waals surface area contributed by atoms with Gasteiger partial charge in [0, 0.05) is 11.8 Å². The number of thioether (sulfide) groups is 1. The van der Waals surface area contributed by atoms with Gasteiger partial charge in [-0.1, -0.05) is 20.8 Å². The molecule has 1 N–H and O–H groups in total. The smallest absolute Gasteiger partial charge is 0.0668 e. The van der Waals surface area contributed by atoms with Crippen LogP contribution in [0.4, 0.5) is 0 Å². The highest BCUT2D eigenvalue weighted by Crippen LogP contribution is 2.39. The molecule has 1 nitrogen and oxygen atoms in total. The Balaban J connectivity index is 2.62. The van der Waals surface area contributed by atoms with E-state index in [4.69, 9.17) is 0 Å². The number of hydrogen-bond donors (Lipinski definition) is 1. The van der Waals surface area contributed by atoms with Crippen LogP contribution in [0.5, 0.6) is 0 Å². The first-order chi connectivity index (χ1) is 5.10. The minimum atomic E-state index is 0.374. The lowest BCUT2D eigenvalue weighted by atomic mass is 10.0. The molecule has 66 valence electrons. The maximum absolute atomic E-state index is 3.68. The highest BCUT2D eigenvalue weighted by Gasteiger charge is 2.38. The normalized spacial score (nSPS) is 38.5. The van der Waals surface area contributed by atoms with Gasteiger partial charge in [-0.05, 0) is 19.3 Å². The van der Waals surface area contributed by atoms with Gasteiger partial charge in [-0.3, -0.25) is 5.32 Å². The van der Waals surface area contributed by atoms with Crippen LogP contribution < -0.4 is 5.32 Å². The van der Waals surface area contributed by atoms with Gasteiger partial charge in [0.25, 0.3) is 0 Å². The van der Waals surface area contributed by atoms with Gasteiger partial charge in [-0.2, -0.15) is 0 Å². The summed E-state index contributed by atoms with van der Waals surface area (Å²) in [5, 5.41) is 3.68. The average Bonchev–Trinajstić information content (AvgIpc) is 2.33. The number of nitrogens with one attached hydrogen (secondary N) is 1. The highest BCUT2D eigenvalue weighted by atomic mass is 32.2. The van der Waals surface area contributed by atoms with Crippen LogP contribution in [0, 0.1) is 5.92 Å². The third-order valence-corrected chi connectivity index (χ3v) is 4.60. The first-order valence-electron chi connectivity index (χ1n) is 4.52. The predicted molar refractivity (Wildman–Crippen MR) is 52.9 cm³/mol. The Morgan fingerprint density at radius 2 is 2.27 bits per heavy atom. The molecule has 0 amide bonds. The van der Waals surface area contributed by atoms with Crippen molar-refractivity contribution in [2.45, 2.75) is 45.0 Å². The van der Waals surface area contributed by atoms with E-state index in [-0.39, 0.29) is 0 Å². The molecule has 0 aliphatic carbocycles. The SMILES string of the molecule is CCC1(C(C)C)NC(C)CS1. The molecule has 0 aromatic carbocycles. The summed E-state index contributed by atoms with van der Waals surface area (Å²) in [7, 11) is 0. The van der Waals surface area contributed by atoms with Crippen molar-refractivity contribution in [2.75, 3.05) is 5.75 Å². The Kier molecular flexibility index (Phi) is 2.87. The van der Waals surface area contributed by atoms with Crippen molar-refractivity contribution in [2.24, 2.45) is 5.92 Å². The largest absolute Gasteiger partial charge is 0.299 e. The molecule has 2 unspecified atom stereocenters. The van der Waals surface area contributed by atoms with Crippen LogP contribution in [-0.4, -0.2) is 16.7 Å². The third kappa shape index (κ3) is 1.73. The zero-order valence-corrected chi connectivity index (χ0v) is 8.79. The minimum absolute atomic E-state index is 0.374. The average molecular weight is 173 g/mol. The van der Waals surface area contributed by atoms with Crippen molar-refractivity contribution in [1.82, 2.24) is 5.32 Å². The van der Waals surface area contributed by atoms with Gasteiger partial charge in [0.15, 0.2) is 0 Å². The first-order valence-corrected chi connectivity index (χ1v) is 5.51. The summed E-state index contributed by atoms with van der Waals surface area (Å²) in [6, 6.07) is 0.697.